The molecule has 0 amide bonds. The molecule has 0 saturated carbocycles. The maximum atomic E-state index is 12.4. The smallest absolute Gasteiger partial charge is 0.280 e. The number of nitrogens with one attached hydrogen (secondary N) is 1. The van der Waals surface area contributed by atoms with Crippen LogP contribution in [0.15, 0.2) is 46.4 Å². The Morgan fingerprint density at radius 1 is 1.04 bits per heavy atom. The Morgan fingerprint density at radius 2 is 1.79 bits per heavy atom. The van der Waals surface area contributed by atoms with E-state index in [1.807, 2.05) is 0 Å². The Labute approximate surface area is 150 Å². The van der Waals surface area contributed by atoms with Crippen molar-refractivity contribution >= 4 is 39.4 Å². The molecule has 0 aliphatic rings. The third-order valence-electron chi connectivity index (χ3n) is 2.99. The van der Waals surface area contributed by atoms with Crippen molar-refractivity contribution < 1.29 is 17.9 Å². The molecule has 0 aromatic heterocycles. The molecule has 0 aliphatic heterocycles. The molecule has 9 heteroatoms. The van der Waals surface area contributed by atoms with E-state index >= 15 is 0 Å². The van der Waals surface area contributed by atoms with E-state index in [1.165, 1.54) is 32.6 Å². The van der Waals surface area contributed by atoms with Gasteiger partial charge in [0.25, 0.3) is 10.0 Å². The van der Waals surface area contributed by atoms with E-state index in [0.717, 1.165) is 0 Å². The summed E-state index contributed by atoms with van der Waals surface area (Å²) in [6, 6.07) is 9.24. The van der Waals surface area contributed by atoms with Gasteiger partial charge < -0.3 is 9.47 Å². The zero-order valence-corrected chi connectivity index (χ0v) is 15.1. The van der Waals surface area contributed by atoms with Crippen LogP contribution in [0.1, 0.15) is 5.56 Å². The van der Waals surface area contributed by atoms with Gasteiger partial charge in [0, 0.05) is 6.07 Å². The highest BCUT2D eigenvalue weighted by molar-refractivity contribution is 7.89. The minimum absolute atomic E-state index is 0.0874. The maximum Gasteiger partial charge on any atom is 0.280 e. The number of ether oxygens (including phenoxy) is 2. The molecule has 2 rings (SSSR count). The second kappa shape index (κ2) is 7.74. The molecule has 2 aromatic carbocycles. The van der Waals surface area contributed by atoms with Gasteiger partial charge in [-0.1, -0.05) is 29.3 Å². The van der Waals surface area contributed by atoms with E-state index in [2.05, 4.69) is 9.93 Å². The second-order valence-corrected chi connectivity index (χ2v) is 6.99. The average Bonchev–Trinajstić information content (AvgIpc) is 2.57. The molecule has 0 unspecified atom stereocenters. The molecule has 0 bridgehead atoms. The molecule has 0 aliphatic carbocycles. The van der Waals surface area contributed by atoms with E-state index in [0.29, 0.717) is 21.4 Å². The third-order valence-corrected chi connectivity index (χ3v) is 4.97. The highest BCUT2D eigenvalue weighted by Gasteiger charge is 2.19. The van der Waals surface area contributed by atoms with Crippen LogP contribution in [0.5, 0.6) is 11.5 Å². The summed E-state index contributed by atoms with van der Waals surface area (Å²) in [7, 11) is -1.12. The first kappa shape index (κ1) is 18.4. The SMILES string of the molecule is COc1ccc(OC)c(S(=O)(=O)N/N=C/c2ccc(Cl)c(Cl)c2)c1. The number of methoxy groups -OCH3 is 2. The predicted octanol–water partition coefficient (Wildman–Crippen LogP) is 3.32. The molecule has 0 fully saturated rings. The van der Waals surface area contributed by atoms with E-state index < -0.39 is 10.0 Å². The van der Waals surface area contributed by atoms with E-state index in [1.54, 1.807) is 24.3 Å². The molecule has 0 spiro atoms. The van der Waals surface area contributed by atoms with Gasteiger partial charge >= 0.3 is 0 Å². The largest absolute Gasteiger partial charge is 0.497 e. The Bertz CT molecular complexity index is 870. The summed E-state index contributed by atoms with van der Waals surface area (Å²) >= 11 is 11.7. The lowest BCUT2D eigenvalue weighted by Gasteiger charge is -2.10. The van der Waals surface area contributed by atoms with Gasteiger partial charge in [-0.3, -0.25) is 0 Å². The lowest BCUT2D eigenvalue weighted by Crippen LogP contribution is -2.19. The summed E-state index contributed by atoms with van der Waals surface area (Å²) in [5.41, 5.74) is 0.588. The van der Waals surface area contributed by atoms with Crippen molar-refractivity contribution in [3.05, 3.63) is 52.0 Å². The molecule has 0 atom stereocenters. The van der Waals surface area contributed by atoms with Gasteiger partial charge in [0.1, 0.15) is 16.4 Å². The zero-order valence-electron chi connectivity index (χ0n) is 12.8. The minimum atomic E-state index is -3.94. The van der Waals surface area contributed by atoms with Crippen LogP contribution in [0.25, 0.3) is 0 Å². The maximum absolute atomic E-state index is 12.4. The number of halogens is 2. The third kappa shape index (κ3) is 4.31. The summed E-state index contributed by atoms with van der Waals surface area (Å²) < 4.78 is 34.9. The van der Waals surface area contributed by atoms with Crippen LogP contribution in [0.2, 0.25) is 10.0 Å². The first-order valence-corrected chi connectivity index (χ1v) is 8.83. The summed E-state index contributed by atoms with van der Waals surface area (Å²) in [5.74, 6) is 0.553. The van der Waals surface area contributed by atoms with Crippen LogP contribution in [-0.2, 0) is 10.0 Å². The number of hydrogen-bond acceptors (Lipinski definition) is 5. The fraction of sp³-hybridized carbons (Fsp3) is 0.133. The highest BCUT2D eigenvalue weighted by atomic mass is 35.5. The molecular formula is C15H14Cl2N2O4S. The molecule has 128 valence electrons. The molecule has 2 aromatic rings. The fourth-order valence-electron chi connectivity index (χ4n) is 1.81. The van der Waals surface area contributed by atoms with Crippen molar-refractivity contribution in [2.24, 2.45) is 5.10 Å². The number of rotatable bonds is 6. The lowest BCUT2D eigenvalue weighted by atomic mass is 10.2. The topological polar surface area (TPSA) is 77.0 Å². The molecule has 1 N–H and O–H groups in total. The van der Waals surface area contributed by atoms with Gasteiger partial charge in [-0.15, -0.1) is 0 Å². The van der Waals surface area contributed by atoms with Crippen LogP contribution in [0, 0.1) is 0 Å². The van der Waals surface area contributed by atoms with Crippen molar-refractivity contribution in [2.75, 3.05) is 14.2 Å². The standard InChI is InChI=1S/C15H14Cl2N2O4S/c1-22-11-4-6-14(23-2)15(8-11)24(20,21)19-18-9-10-3-5-12(16)13(17)7-10/h3-9,19H,1-2H3/b18-9+. The Kier molecular flexibility index (Phi) is 5.93. The number of hydrogen-bond donors (Lipinski definition) is 1. The molecule has 6 nitrogen and oxygen atoms in total. The van der Waals surface area contributed by atoms with E-state index in [4.69, 9.17) is 32.7 Å². The lowest BCUT2D eigenvalue weighted by molar-refractivity contribution is 0.392. The first-order chi connectivity index (χ1) is 11.4. The van der Waals surface area contributed by atoms with Gasteiger partial charge in [0.05, 0.1) is 30.5 Å². The second-order valence-electron chi connectivity index (χ2n) is 4.54. The molecule has 0 radical (unpaired) electrons. The number of benzene rings is 2. The molecule has 0 heterocycles. The van der Waals surface area contributed by atoms with Gasteiger partial charge in [0.15, 0.2) is 0 Å². The van der Waals surface area contributed by atoms with Crippen LogP contribution in [0.3, 0.4) is 0 Å². The quantitative estimate of drug-likeness (QED) is 0.608. The number of nitrogens with zero attached hydrogens (tertiary/aromatic N) is 1. The van der Waals surface area contributed by atoms with E-state index in [9.17, 15) is 8.42 Å². The monoisotopic (exact) mass is 388 g/mol. The van der Waals surface area contributed by atoms with Crippen LogP contribution >= 0.6 is 23.2 Å². The van der Waals surface area contributed by atoms with Crippen molar-refractivity contribution in [1.82, 2.24) is 4.83 Å². The predicted molar refractivity (Wildman–Crippen MR) is 93.9 cm³/mol. The van der Waals surface area contributed by atoms with Crippen molar-refractivity contribution in [1.29, 1.82) is 0 Å². The average molecular weight is 389 g/mol. The van der Waals surface area contributed by atoms with E-state index in [-0.39, 0.29) is 10.6 Å². The minimum Gasteiger partial charge on any atom is -0.497 e. The molecule has 24 heavy (non-hydrogen) atoms. The summed E-state index contributed by atoms with van der Waals surface area (Å²) in [4.78, 5) is 2.03. The van der Waals surface area contributed by atoms with Crippen molar-refractivity contribution in [2.45, 2.75) is 4.90 Å². The van der Waals surface area contributed by atoms with Gasteiger partial charge in [-0.2, -0.15) is 18.4 Å². The van der Waals surface area contributed by atoms with Gasteiger partial charge in [-0.25, -0.2) is 0 Å². The Hall–Kier alpha value is -1.96. The highest BCUT2D eigenvalue weighted by Crippen LogP contribution is 2.28. The summed E-state index contributed by atoms with van der Waals surface area (Å²) in [5, 5.41) is 4.47. The van der Waals surface area contributed by atoms with Gasteiger partial charge in [0.2, 0.25) is 0 Å². The molecular weight excluding hydrogens is 375 g/mol. The number of hydrazone groups is 1. The summed E-state index contributed by atoms with van der Waals surface area (Å²) in [6.45, 7) is 0. The normalized spacial score (nSPS) is 11.5. The van der Waals surface area contributed by atoms with Crippen molar-refractivity contribution in [3.63, 3.8) is 0 Å². The van der Waals surface area contributed by atoms with Crippen LogP contribution in [-0.4, -0.2) is 28.9 Å². The zero-order chi connectivity index (χ0) is 17.7. The Morgan fingerprint density at radius 3 is 2.42 bits per heavy atom. The fourth-order valence-corrected chi connectivity index (χ4v) is 3.09. The summed E-state index contributed by atoms with van der Waals surface area (Å²) in [6.07, 6.45) is 1.31. The molecule has 0 saturated heterocycles. The first-order valence-electron chi connectivity index (χ1n) is 6.59. The van der Waals surface area contributed by atoms with Crippen LogP contribution < -0.4 is 14.3 Å². The Balaban J connectivity index is 2.25. The van der Waals surface area contributed by atoms with Crippen molar-refractivity contribution in [3.8, 4) is 11.5 Å². The van der Waals surface area contributed by atoms with Gasteiger partial charge in [-0.05, 0) is 29.8 Å². The van der Waals surface area contributed by atoms with Crippen LogP contribution in [0.4, 0.5) is 0 Å². The number of sulfonamides is 1.